The number of nitrogen functional groups attached to an aromatic ring is 1. The molecule has 0 bridgehead atoms. The van der Waals surface area contributed by atoms with Crippen LogP contribution in [0.3, 0.4) is 0 Å². The Morgan fingerprint density at radius 3 is 2.65 bits per heavy atom. The topological polar surface area (TPSA) is 98.9 Å². The van der Waals surface area contributed by atoms with Gasteiger partial charge in [-0.25, -0.2) is 0 Å². The van der Waals surface area contributed by atoms with Crippen LogP contribution in [0.15, 0.2) is 18.2 Å². The van der Waals surface area contributed by atoms with Crippen molar-refractivity contribution in [3.05, 3.63) is 23.8 Å². The van der Waals surface area contributed by atoms with Gasteiger partial charge < -0.3 is 0 Å². The SMILES string of the molecule is Nc1ccc([As]2(=O)OCCO2)c(C(=O)CO)c1. The molecule has 3 N–H and O–H groups in total. The molecule has 1 heterocycles. The number of Topliss-reactive ketones (excluding diaryl/α,β-unsaturated/α-hetero) is 1. The summed E-state index contributed by atoms with van der Waals surface area (Å²) in [4.78, 5) is 11.6. The molecule has 2 rings (SSSR count). The summed E-state index contributed by atoms with van der Waals surface area (Å²) >= 11 is -4.12. The average Bonchev–Trinajstić information content (AvgIpc) is 2.76. The Morgan fingerprint density at radius 2 is 2.06 bits per heavy atom. The first-order valence-corrected chi connectivity index (χ1v) is 8.24. The summed E-state index contributed by atoms with van der Waals surface area (Å²) in [6.07, 6.45) is 0. The number of aliphatic hydroxyl groups excluding tert-OH is 1. The van der Waals surface area contributed by atoms with Gasteiger partial charge in [0.15, 0.2) is 0 Å². The van der Waals surface area contributed by atoms with Crippen molar-refractivity contribution in [1.29, 1.82) is 0 Å². The summed E-state index contributed by atoms with van der Waals surface area (Å²) in [6, 6.07) is 4.36. The van der Waals surface area contributed by atoms with Crippen molar-refractivity contribution in [2.45, 2.75) is 0 Å². The molecule has 0 amide bonds. The molecule has 17 heavy (non-hydrogen) atoms. The van der Waals surface area contributed by atoms with E-state index in [1.807, 2.05) is 0 Å². The standard InChI is InChI=1S/C10H12AsNO5/c12-7-1-2-9(8(5-7)10(14)6-13)11(15)16-3-4-17-11/h1-2,5,13H,3-4,6,12H2. The van der Waals surface area contributed by atoms with Crippen LogP contribution >= 0.6 is 0 Å². The fraction of sp³-hybridized carbons (Fsp3) is 0.300. The Hall–Kier alpha value is -1.07. The fourth-order valence-electron chi connectivity index (χ4n) is 1.59. The predicted octanol–water partition coefficient (Wildman–Crippen LogP) is -0.933. The van der Waals surface area contributed by atoms with Crippen molar-refractivity contribution in [3.63, 3.8) is 0 Å². The van der Waals surface area contributed by atoms with Gasteiger partial charge in [-0.05, 0) is 0 Å². The second-order valence-corrected chi connectivity index (χ2v) is 7.70. The van der Waals surface area contributed by atoms with Crippen LogP contribution in [0, 0.1) is 0 Å². The number of rotatable bonds is 3. The fourth-order valence-corrected chi connectivity index (χ4v) is 5.21. The summed E-state index contributed by atoms with van der Waals surface area (Å²) < 4.78 is 22.8. The zero-order valence-electron chi connectivity index (χ0n) is 8.96. The van der Waals surface area contributed by atoms with E-state index in [-0.39, 0.29) is 23.1 Å². The van der Waals surface area contributed by atoms with Gasteiger partial charge in [0.05, 0.1) is 0 Å². The molecule has 0 unspecified atom stereocenters. The van der Waals surface area contributed by atoms with E-state index in [1.54, 1.807) is 0 Å². The normalized spacial score (nSPS) is 18.2. The summed E-state index contributed by atoms with van der Waals surface area (Å²) in [5.41, 5.74) is 6.03. The van der Waals surface area contributed by atoms with Crippen molar-refractivity contribution in [2.24, 2.45) is 0 Å². The number of nitrogens with two attached hydrogens (primary N) is 1. The van der Waals surface area contributed by atoms with Gasteiger partial charge in [0.2, 0.25) is 0 Å². The number of anilines is 1. The van der Waals surface area contributed by atoms with Crippen molar-refractivity contribution < 1.29 is 21.1 Å². The van der Waals surface area contributed by atoms with Crippen LogP contribution in [-0.2, 0) is 11.2 Å². The molecule has 0 radical (unpaired) electrons. The first kappa shape index (κ1) is 12.4. The van der Waals surface area contributed by atoms with Crippen LogP contribution in [0.5, 0.6) is 0 Å². The number of carbonyl (C=O) groups is 1. The van der Waals surface area contributed by atoms with E-state index >= 15 is 0 Å². The van der Waals surface area contributed by atoms with Crippen LogP contribution < -0.4 is 10.1 Å². The average molecular weight is 301 g/mol. The second-order valence-electron chi connectivity index (χ2n) is 3.52. The van der Waals surface area contributed by atoms with Gasteiger partial charge in [-0.3, -0.25) is 0 Å². The Morgan fingerprint density at radius 1 is 1.41 bits per heavy atom. The van der Waals surface area contributed by atoms with E-state index in [2.05, 4.69) is 0 Å². The molecule has 1 aromatic carbocycles. The monoisotopic (exact) mass is 301 g/mol. The van der Waals surface area contributed by atoms with E-state index in [4.69, 9.17) is 18.3 Å². The maximum atomic E-state index is 12.3. The third-order valence-corrected chi connectivity index (χ3v) is 6.61. The van der Waals surface area contributed by atoms with Crippen molar-refractivity contribution >= 4 is 30.0 Å². The summed E-state index contributed by atoms with van der Waals surface area (Å²) in [5, 5.41) is 8.88. The van der Waals surface area contributed by atoms with E-state index in [0.29, 0.717) is 5.69 Å². The van der Waals surface area contributed by atoms with E-state index < -0.39 is 26.6 Å². The van der Waals surface area contributed by atoms with Crippen LogP contribution in [0.4, 0.5) is 5.69 Å². The molecule has 0 spiro atoms. The molecule has 0 aliphatic carbocycles. The van der Waals surface area contributed by atoms with Gasteiger partial charge in [-0.15, -0.1) is 0 Å². The molecule has 0 saturated carbocycles. The van der Waals surface area contributed by atoms with Crippen molar-refractivity contribution in [3.8, 4) is 0 Å². The van der Waals surface area contributed by atoms with E-state index in [9.17, 15) is 8.53 Å². The van der Waals surface area contributed by atoms with Crippen LogP contribution in [0.25, 0.3) is 0 Å². The van der Waals surface area contributed by atoms with Gasteiger partial charge in [0.1, 0.15) is 0 Å². The number of ketones is 1. The summed E-state index contributed by atoms with van der Waals surface area (Å²) in [7, 11) is 0. The van der Waals surface area contributed by atoms with Crippen LogP contribution in [0.2, 0.25) is 0 Å². The van der Waals surface area contributed by atoms with Crippen LogP contribution in [0.1, 0.15) is 10.4 Å². The van der Waals surface area contributed by atoms with Gasteiger partial charge in [0.25, 0.3) is 0 Å². The minimum atomic E-state index is -4.12. The zero-order valence-corrected chi connectivity index (χ0v) is 10.8. The molecule has 92 valence electrons. The first-order valence-electron chi connectivity index (χ1n) is 5.00. The summed E-state index contributed by atoms with van der Waals surface area (Å²) in [5.74, 6) is -0.553. The zero-order chi connectivity index (χ0) is 12.5. The van der Waals surface area contributed by atoms with Gasteiger partial charge >= 0.3 is 100 Å². The number of hydrogen-bond donors (Lipinski definition) is 2. The Labute approximate surface area is 101 Å². The van der Waals surface area contributed by atoms with Crippen molar-refractivity contribution in [1.82, 2.24) is 0 Å². The molecule has 0 aromatic heterocycles. The summed E-state index contributed by atoms with van der Waals surface area (Å²) in [6.45, 7) is -0.187. The van der Waals surface area contributed by atoms with E-state index in [0.717, 1.165) is 0 Å². The number of hydrogen-bond acceptors (Lipinski definition) is 6. The molecule has 1 aliphatic rings. The van der Waals surface area contributed by atoms with Gasteiger partial charge in [-0.2, -0.15) is 0 Å². The number of benzene rings is 1. The minimum absolute atomic E-state index is 0.108. The first-order chi connectivity index (χ1) is 8.07. The second kappa shape index (κ2) is 4.66. The quantitative estimate of drug-likeness (QED) is 0.425. The Kier molecular flexibility index (Phi) is 3.40. The number of carbonyl (C=O) groups excluding carboxylic acids is 1. The predicted molar refractivity (Wildman–Crippen MR) is 60.2 cm³/mol. The van der Waals surface area contributed by atoms with E-state index in [1.165, 1.54) is 18.2 Å². The molecule has 1 aromatic rings. The maximum absolute atomic E-state index is 12.3. The Balaban J connectivity index is 2.53. The Bertz CT molecular complexity index is 491. The molecule has 1 saturated heterocycles. The van der Waals surface area contributed by atoms with Crippen molar-refractivity contribution in [2.75, 3.05) is 25.6 Å². The third kappa shape index (κ3) is 2.30. The third-order valence-electron chi connectivity index (χ3n) is 2.37. The molecular formula is C10H12AsNO5. The molecular weight excluding hydrogens is 289 g/mol. The van der Waals surface area contributed by atoms with Gasteiger partial charge in [-0.1, -0.05) is 0 Å². The van der Waals surface area contributed by atoms with Crippen LogP contribution in [-0.4, -0.2) is 44.9 Å². The molecule has 0 atom stereocenters. The van der Waals surface area contributed by atoms with Gasteiger partial charge in [0, 0.05) is 0 Å². The number of aliphatic hydroxyl groups is 1. The molecule has 1 aliphatic heterocycles. The molecule has 7 heteroatoms. The molecule has 6 nitrogen and oxygen atoms in total. The molecule has 1 fully saturated rings.